The van der Waals surface area contributed by atoms with Gasteiger partial charge in [0.2, 0.25) is 0 Å². The molecule has 2 rings (SSSR count). The minimum Gasteiger partial charge on any atom is -0.320 e. The van der Waals surface area contributed by atoms with E-state index in [1.165, 1.54) is 17.4 Å². The molecule has 0 spiro atoms. The van der Waals surface area contributed by atoms with E-state index < -0.39 is 6.04 Å². The van der Waals surface area contributed by atoms with E-state index in [0.717, 1.165) is 10.0 Å². The molecular formula is C11H8BrClFNS. The first-order chi connectivity index (χ1) is 7.61. The van der Waals surface area contributed by atoms with Crippen LogP contribution in [0.2, 0.25) is 5.02 Å². The van der Waals surface area contributed by atoms with Gasteiger partial charge < -0.3 is 5.73 Å². The van der Waals surface area contributed by atoms with Crippen LogP contribution in [0.5, 0.6) is 0 Å². The number of thiophene rings is 1. The third-order valence-corrected chi connectivity index (χ3v) is 4.37. The highest BCUT2D eigenvalue weighted by molar-refractivity contribution is 9.10. The molecule has 1 unspecified atom stereocenters. The van der Waals surface area contributed by atoms with Gasteiger partial charge in [-0.2, -0.15) is 11.3 Å². The SMILES string of the molecule is NC(c1cscc1Br)c1c(F)cccc1Cl. The zero-order chi connectivity index (χ0) is 11.7. The molecule has 5 heteroatoms. The van der Waals surface area contributed by atoms with Crippen LogP contribution in [-0.2, 0) is 0 Å². The van der Waals surface area contributed by atoms with Gasteiger partial charge in [0, 0.05) is 20.4 Å². The maximum Gasteiger partial charge on any atom is 0.129 e. The topological polar surface area (TPSA) is 26.0 Å². The summed E-state index contributed by atoms with van der Waals surface area (Å²) in [7, 11) is 0. The van der Waals surface area contributed by atoms with Crippen molar-refractivity contribution in [2.45, 2.75) is 6.04 Å². The Bertz CT molecular complexity index is 494. The lowest BCUT2D eigenvalue weighted by atomic mass is 10.0. The Labute approximate surface area is 110 Å². The highest BCUT2D eigenvalue weighted by Crippen LogP contribution is 2.34. The number of halogens is 3. The average molecular weight is 321 g/mol. The van der Waals surface area contributed by atoms with E-state index in [0.29, 0.717) is 10.6 Å². The van der Waals surface area contributed by atoms with Crippen LogP contribution in [0, 0.1) is 5.82 Å². The van der Waals surface area contributed by atoms with E-state index in [9.17, 15) is 4.39 Å². The molecule has 0 aliphatic carbocycles. The Kier molecular flexibility index (Phi) is 3.64. The molecule has 16 heavy (non-hydrogen) atoms. The summed E-state index contributed by atoms with van der Waals surface area (Å²) in [6, 6.07) is 4.02. The normalized spacial score (nSPS) is 12.8. The van der Waals surface area contributed by atoms with Crippen molar-refractivity contribution < 1.29 is 4.39 Å². The van der Waals surface area contributed by atoms with Crippen molar-refractivity contribution in [3.8, 4) is 0 Å². The number of hydrogen-bond acceptors (Lipinski definition) is 2. The zero-order valence-electron chi connectivity index (χ0n) is 8.08. The summed E-state index contributed by atoms with van der Waals surface area (Å²) >= 11 is 10.8. The number of benzene rings is 1. The van der Waals surface area contributed by atoms with Gasteiger partial charge >= 0.3 is 0 Å². The van der Waals surface area contributed by atoms with Gasteiger partial charge in [-0.25, -0.2) is 4.39 Å². The van der Waals surface area contributed by atoms with E-state index >= 15 is 0 Å². The van der Waals surface area contributed by atoms with Gasteiger partial charge in [0.15, 0.2) is 0 Å². The molecule has 0 amide bonds. The van der Waals surface area contributed by atoms with Crippen LogP contribution in [0.25, 0.3) is 0 Å². The van der Waals surface area contributed by atoms with Gasteiger partial charge in [0.25, 0.3) is 0 Å². The van der Waals surface area contributed by atoms with Crippen LogP contribution in [0.3, 0.4) is 0 Å². The summed E-state index contributed by atoms with van der Waals surface area (Å²) in [5, 5.41) is 4.15. The molecule has 0 bridgehead atoms. The highest BCUT2D eigenvalue weighted by atomic mass is 79.9. The molecule has 2 N–H and O–H groups in total. The third-order valence-electron chi connectivity index (χ3n) is 2.29. The Morgan fingerprint density at radius 1 is 1.38 bits per heavy atom. The second kappa shape index (κ2) is 4.84. The first-order valence-electron chi connectivity index (χ1n) is 4.52. The van der Waals surface area contributed by atoms with E-state index in [4.69, 9.17) is 17.3 Å². The molecule has 0 aliphatic rings. The zero-order valence-corrected chi connectivity index (χ0v) is 11.2. The first kappa shape index (κ1) is 12.0. The standard InChI is InChI=1S/C11H8BrClFNS/c12-7-5-16-4-6(7)11(15)10-8(13)2-1-3-9(10)14/h1-5,11H,15H2. The molecule has 2 aromatic rings. The van der Waals surface area contributed by atoms with Crippen LogP contribution in [0.4, 0.5) is 4.39 Å². The fraction of sp³-hybridized carbons (Fsp3) is 0.0909. The van der Waals surface area contributed by atoms with Gasteiger partial charge in [0.1, 0.15) is 5.82 Å². The lowest BCUT2D eigenvalue weighted by Gasteiger charge is -2.14. The van der Waals surface area contributed by atoms with Crippen LogP contribution in [-0.4, -0.2) is 0 Å². The van der Waals surface area contributed by atoms with Gasteiger partial charge in [-0.3, -0.25) is 0 Å². The van der Waals surface area contributed by atoms with E-state index in [2.05, 4.69) is 15.9 Å². The van der Waals surface area contributed by atoms with Crippen molar-refractivity contribution in [2.24, 2.45) is 5.73 Å². The summed E-state index contributed by atoms with van der Waals surface area (Å²) in [6.45, 7) is 0. The molecule has 0 aliphatic heterocycles. The van der Waals surface area contributed by atoms with Gasteiger partial charge in [-0.1, -0.05) is 17.7 Å². The predicted molar refractivity (Wildman–Crippen MR) is 69.5 cm³/mol. The van der Waals surface area contributed by atoms with Crippen molar-refractivity contribution in [3.63, 3.8) is 0 Å². The van der Waals surface area contributed by atoms with Crippen LogP contribution < -0.4 is 5.73 Å². The second-order valence-corrected chi connectivity index (χ2v) is 5.29. The Balaban J connectivity index is 2.49. The van der Waals surface area contributed by atoms with Gasteiger partial charge in [-0.15, -0.1) is 0 Å². The number of hydrogen-bond donors (Lipinski definition) is 1. The molecule has 1 heterocycles. The van der Waals surface area contributed by atoms with Crippen molar-refractivity contribution in [1.82, 2.24) is 0 Å². The minimum atomic E-state index is -0.547. The van der Waals surface area contributed by atoms with E-state index in [1.54, 1.807) is 12.1 Å². The van der Waals surface area contributed by atoms with Crippen LogP contribution in [0.1, 0.15) is 17.2 Å². The summed E-state index contributed by atoms with van der Waals surface area (Å²) < 4.78 is 14.5. The van der Waals surface area contributed by atoms with E-state index in [-0.39, 0.29) is 5.82 Å². The van der Waals surface area contributed by atoms with Crippen molar-refractivity contribution in [3.05, 3.63) is 55.4 Å². The highest BCUT2D eigenvalue weighted by Gasteiger charge is 2.19. The summed E-state index contributed by atoms with van der Waals surface area (Å²) in [5.41, 5.74) is 7.20. The smallest absolute Gasteiger partial charge is 0.129 e. The maximum atomic E-state index is 13.6. The molecule has 0 radical (unpaired) electrons. The molecule has 1 aromatic carbocycles. The van der Waals surface area contributed by atoms with Crippen LogP contribution in [0.15, 0.2) is 33.4 Å². The fourth-order valence-corrected chi connectivity index (χ4v) is 3.34. The summed E-state index contributed by atoms with van der Waals surface area (Å²) in [4.78, 5) is 0. The fourth-order valence-electron chi connectivity index (χ4n) is 1.48. The minimum absolute atomic E-state index is 0.336. The molecular weight excluding hydrogens is 313 g/mol. The molecule has 1 nitrogen and oxygen atoms in total. The second-order valence-electron chi connectivity index (χ2n) is 3.29. The maximum absolute atomic E-state index is 13.6. The monoisotopic (exact) mass is 319 g/mol. The lowest BCUT2D eigenvalue weighted by Crippen LogP contribution is -2.13. The quantitative estimate of drug-likeness (QED) is 0.874. The van der Waals surface area contributed by atoms with E-state index in [1.807, 2.05) is 10.8 Å². The number of nitrogens with two attached hydrogens (primary N) is 1. The van der Waals surface area contributed by atoms with Crippen molar-refractivity contribution >= 4 is 38.9 Å². The van der Waals surface area contributed by atoms with Gasteiger partial charge in [-0.05, 0) is 39.0 Å². The molecule has 0 fully saturated rings. The molecule has 0 saturated carbocycles. The first-order valence-corrected chi connectivity index (χ1v) is 6.63. The predicted octanol–water partition coefficient (Wildman–Crippen LogP) is 4.35. The van der Waals surface area contributed by atoms with Gasteiger partial charge in [0.05, 0.1) is 6.04 Å². The Morgan fingerprint density at radius 3 is 2.69 bits per heavy atom. The third kappa shape index (κ3) is 2.15. The molecule has 84 valence electrons. The Hall–Kier alpha value is -0.420. The molecule has 1 aromatic heterocycles. The van der Waals surface area contributed by atoms with Crippen molar-refractivity contribution in [2.75, 3.05) is 0 Å². The lowest BCUT2D eigenvalue weighted by molar-refractivity contribution is 0.600. The average Bonchev–Trinajstić information content (AvgIpc) is 2.64. The Morgan fingerprint density at radius 2 is 2.12 bits per heavy atom. The summed E-state index contributed by atoms with van der Waals surface area (Å²) in [6.07, 6.45) is 0. The van der Waals surface area contributed by atoms with Crippen molar-refractivity contribution in [1.29, 1.82) is 0 Å². The molecule has 0 saturated heterocycles. The summed E-state index contributed by atoms with van der Waals surface area (Å²) in [5.74, 6) is -0.377. The number of rotatable bonds is 2. The van der Waals surface area contributed by atoms with Crippen LogP contribution >= 0.6 is 38.9 Å². The largest absolute Gasteiger partial charge is 0.320 e. The molecule has 1 atom stereocenters.